The smallest absolute Gasteiger partial charge is 0.413 e. The summed E-state index contributed by atoms with van der Waals surface area (Å²) in [7, 11) is 3.88. The van der Waals surface area contributed by atoms with E-state index in [-0.39, 0.29) is 66.1 Å². The molecule has 356 valence electrons. The summed E-state index contributed by atoms with van der Waals surface area (Å²) in [5.74, 6) is -1.72. The number of hydrogen-bond donors (Lipinski definition) is 7. The third-order valence-electron chi connectivity index (χ3n) is 12.1. The Labute approximate surface area is 369 Å². The van der Waals surface area contributed by atoms with E-state index in [1.165, 1.54) is 19.2 Å². The summed E-state index contributed by atoms with van der Waals surface area (Å²) in [6, 6.07) is 4.17. The molecule has 1 saturated heterocycles. The van der Waals surface area contributed by atoms with Crippen LogP contribution in [0.4, 0.5) is 0 Å². The highest BCUT2D eigenvalue weighted by molar-refractivity contribution is 7.51. The lowest BCUT2D eigenvalue weighted by Crippen LogP contribution is -2.59. The Morgan fingerprint density at radius 3 is 2.00 bits per heavy atom. The number of hydrogen-bond acceptors (Lipinski definition) is 12. The molecule has 0 spiro atoms. The SMILES string of the molecule is CC[C@H](C)[C@@H]([C@@H](CC(=O)N1CCC[C@H]1[C@H](OC)[C@@H](C)C(=O)NCCc1ccc(OP(=O)(O)NC(CO)(CO)CO)cc1)OC)N(C)C(=O)[C@@H](NC(=O)[C@H](C(C)C)N(C)C)C(C)C. The van der Waals surface area contributed by atoms with Gasteiger partial charge in [0.05, 0.1) is 68.0 Å². The van der Waals surface area contributed by atoms with Gasteiger partial charge >= 0.3 is 7.75 Å². The number of carbonyl (C=O) groups is 4. The topological polar surface area (TPSA) is 240 Å². The molecule has 0 aliphatic carbocycles. The molecular formula is C43H77N6O12P. The number of rotatable bonds is 27. The fourth-order valence-electron chi connectivity index (χ4n) is 8.34. The summed E-state index contributed by atoms with van der Waals surface area (Å²) in [6.45, 7) is 11.9. The van der Waals surface area contributed by atoms with Crippen molar-refractivity contribution in [3.05, 3.63) is 29.8 Å². The van der Waals surface area contributed by atoms with Gasteiger partial charge in [0.15, 0.2) is 0 Å². The minimum absolute atomic E-state index is 0.00362. The van der Waals surface area contributed by atoms with E-state index < -0.39 is 69.4 Å². The van der Waals surface area contributed by atoms with Gasteiger partial charge in [0.25, 0.3) is 0 Å². The zero-order chi connectivity index (χ0) is 47.1. The minimum Gasteiger partial charge on any atom is -0.413 e. The molecule has 1 unspecified atom stereocenters. The predicted octanol–water partition coefficient (Wildman–Crippen LogP) is 1.78. The maximum atomic E-state index is 14.3. The van der Waals surface area contributed by atoms with Crippen LogP contribution in [0.1, 0.15) is 79.7 Å². The van der Waals surface area contributed by atoms with Crippen molar-refractivity contribution in [3.63, 3.8) is 0 Å². The lowest BCUT2D eigenvalue weighted by Gasteiger charge is -2.41. The van der Waals surface area contributed by atoms with E-state index in [2.05, 4.69) is 15.7 Å². The van der Waals surface area contributed by atoms with Gasteiger partial charge in [-0.3, -0.25) is 24.1 Å². The van der Waals surface area contributed by atoms with E-state index in [1.807, 2.05) is 60.5 Å². The number of ether oxygens (including phenoxy) is 2. The minimum atomic E-state index is -4.58. The quantitative estimate of drug-likeness (QED) is 0.0624. The van der Waals surface area contributed by atoms with Crippen LogP contribution in [-0.2, 0) is 39.6 Å². The number of likely N-dealkylation sites (tertiary alicyclic amines) is 1. The fourth-order valence-corrected chi connectivity index (χ4v) is 9.61. The van der Waals surface area contributed by atoms with E-state index in [0.717, 1.165) is 12.0 Å². The summed E-state index contributed by atoms with van der Waals surface area (Å²) in [4.78, 5) is 70.9. The molecule has 1 aromatic rings. The van der Waals surface area contributed by atoms with E-state index in [0.29, 0.717) is 25.8 Å². The highest BCUT2D eigenvalue weighted by Crippen LogP contribution is 2.40. The second-order valence-corrected chi connectivity index (χ2v) is 19.1. The first-order valence-corrected chi connectivity index (χ1v) is 23.2. The number of aliphatic hydroxyl groups excluding tert-OH is 3. The number of benzene rings is 1. The zero-order valence-corrected chi connectivity index (χ0v) is 39.9. The summed E-state index contributed by atoms with van der Waals surface area (Å²) in [6.07, 6.45) is 1.23. The highest BCUT2D eigenvalue weighted by atomic mass is 31.2. The number of nitrogens with one attached hydrogen (secondary N) is 3. The molecule has 18 nitrogen and oxygen atoms in total. The van der Waals surface area contributed by atoms with Crippen molar-refractivity contribution >= 4 is 31.4 Å². The number of nitrogens with zero attached hydrogens (tertiary/aromatic N) is 3. The average Bonchev–Trinajstić information content (AvgIpc) is 3.71. The maximum Gasteiger partial charge on any atom is 0.456 e. The lowest BCUT2D eigenvalue weighted by atomic mass is 9.89. The van der Waals surface area contributed by atoms with Crippen molar-refractivity contribution in [2.24, 2.45) is 23.7 Å². The Bertz CT molecular complexity index is 1600. The first-order chi connectivity index (χ1) is 29.1. The van der Waals surface area contributed by atoms with Gasteiger partial charge in [-0.1, -0.05) is 67.0 Å². The number of amides is 4. The number of likely N-dealkylation sites (N-methyl/N-ethyl adjacent to an activating group) is 2. The summed E-state index contributed by atoms with van der Waals surface area (Å²) in [5.41, 5.74) is -1.03. The van der Waals surface area contributed by atoms with Crippen molar-refractivity contribution in [1.29, 1.82) is 0 Å². The van der Waals surface area contributed by atoms with Gasteiger partial charge in [0.1, 0.15) is 11.8 Å². The Morgan fingerprint density at radius 2 is 1.52 bits per heavy atom. The molecule has 1 heterocycles. The molecule has 19 heteroatoms. The van der Waals surface area contributed by atoms with Crippen LogP contribution in [0.3, 0.4) is 0 Å². The third-order valence-corrected chi connectivity index (χ3v) is 13.3. The molecule has 4 amide bonds. The van der Waals surface area contributed by atoms with Gasteiger partial charge in [-0.2, -0.15) is 5.09 Å². The van der Waals surface area contributed by atoms with Gasteiger partial charge in [0.2, 0.25) is 23.6 Å². The van der Waals surface area contributed by atoms with E-state index >= 15 is 0 Å². The standard InChI is InChI=1S/C43H77N6O12P/c1-13-29(6)38(48(10)42(56)36(27(2)3)45-41(55)37(28(4)5)47(8)9)34(59-11)23-35(53)49-22-14-15-33(49)39(60-12)30(7)40(54)44-21-20-31-16-18-32(19-17-31)61-62(57,58)46-43(24-50,25-51)26-52/h16-19,27-30,33-34,36-39,50-52H,13-15,20-26H2,1-12H3,(H,44,54)(H,45,55)(H2,46,57,58)/t29-,30+,33-,34+,36-,37-,38-,39+/m0/s1. The monoisotopic (exact) mass is 901 g/mol. The molecule has 1 fully saturated rings. The normalized spacial score (nSPS) is 19.0. The predicted molar refractivity (Wildman–Crippen MR) is 236 cm³/mol. The van der Waals surface area contributed by atoms with Gasteiger partial charge in [-0.25, -0.2) is 4.57 Å². The summed E-state index contributed by atoms with van der Waals surface area (Å²) >= 11 is 0. The first-order valence-electron chi connectivity index (χ1n) is 21.7. The molecule has 0 saturated carbocycles. The molecule has 0 bridgehead atoms. The number of carbonyl (C=O) groups excluding carboxylic acids is 4. The van der Waals surface area contributed by atoms with Crippen molar-refractivity contribution < 1.29 is 58.0 Å². The summed E-state index contributed by atoms with van der Waals surface area (Å²) in [5, 5.41) is 36.5. The Hall–Kier alpha value is -3.19. The van der Waals surface area contributed by atoms with Gasteiger partial charge in [-0.15, -0.1) is 0 Å². The van der Waals surface area contributed by atoms with Crippen LogP contribution >= 0.6 is 7.75 Å². The third kappa shape index (κ3) is 14.9. The van der Waals surface area contributed by atoms with Crippen LogP contribution in [0.2, 0.25) is 0 Å². The van der Waals surface area contributed by atoms with Crippen LogP contribution in [-0.4, -0.2) is 169 Å². The van der Waals surface area contributed by atoms with E-state index in [1.54, 1.807) is 43.0 Å². The van der Waals surface area contributed by atoms with E-state index in [9.17, 15) is 44.0 Å². The van der Waals surface area contributed by atoms with Crippen LogP contribution < -0.4 is 20.2 Å². The van der Waals surface area contributed by atoms with Crippen LogP contribution in [0.5, 0.6) is 5.75 Å². The lowest BCUT2D eigenvalue weighted by molar-refractivity contribution is -0.148. The van der Waals surface area contributed by atoms with Gasteiger partial charge in [-0.05, 0) is 68.8 Å². The molecule has 7 N–H and O–H groups in total. The van der Waals surface area contributed by atoms with Crippen molar-refractivity contribution in [3.8, 4) is 5.75 Å². The van der Waals surface area contributed by atoms with Crippen LogP contribution in [0, 0.1) is 23.7 Å². The van der Waals surface area contributed by atoms with Gasteiger partial charge < -0.3 is 54.6 Å². The molecular weight excluding hydrogens is 823 g/mol. The van der Waals surface area contributed by atoms with Crippen molar-refractivity contribution in [1.82, 2.24) is 30.4 Å². The molecule has 0 radical (unpaired) electrons. The fraction of sp³-hybridized carbons (Fsp3) is 0.767. The first kappa shape index (κ1) is 54.9. The van der Waals surface area contributed by atoms with Crippen molar-refractivity contribution in [2.75, 3.05) is 68.3 Å². The average molecular weight is 901 g/mol. The molecule has 62 heavy (non-hydrogen) atoms. The Morgan fingerprint density at radius 1 is 0.919 bits per heavy atom. The molecule has 1 aliphatic rings. The highest BCUT2D eigenvalue weighted by Gasteiger charge is 2.43. The summed E-state index contributed by atoms with van der Waals surface area (Å²) < 4.78 is 29.6. The van der Waals surface area contributed by atoms with Crippen molar-refractivity contribution in [2.45, 2.75) is 122 Å². The Balaban J connectivity index is 2.13. The van der Waals surface area contributed by atoms with Crippen LogP contribution in [0.15, 0.2) is 24.3 Å². The second-order valence-electron chi connectivity index (χ2n) is 17.6. The van der Waals surface area contributed by atoms with Gasteiger partial charge in [0, 0.05) is 34.4 Å². The number of methoxy groups -OCH3 is 2. The zero-order valence-electron chi connectivity index (χ0n) is 39.0. The molecule has 9 atom stereocenters. The largest absolute Gasteiger partial charge is 0.456 e. The second kappa shape index (κ2) is 25.3. The molecule has 2 rings (SSSR count). The van der Waals surface area contributed by atoms with Crippen LogP contribution in [0.25, 0.3) is 0 Å². The Kier molecular flexibility index (Phi) is 22.5. The molecule has 1 aromatic carbocycles. The molecule has 1 aliphatic heterocycles. The maximum absolute atomic E-state index is 14.3. The van der Waals surface area contributed by atoms with E-state index in [4.69, 9.17) is 14.0 Å². The number of aliphatic hydroxyl groups is 3. The molecule has 0 aromatic heterocycles.